The van der Waals surface area contributed by atoms with Crippen LogP contribution in [0, 0.1) is 12.8 Å². The fourth-order valence-corrected chi connectivity index (χ4v) is 2.26. The highest BCUT2D eigenvalue weighted by Gasteiger charge is 2.28. The molecule has 2 unspecified atom stereocenters. The maximum atomic E-state index is 12.3. The van der Waals surface area contributed by atoms with Crippen molar-refractivity contribution in [2.75, 3.05) is 13.1 Å². The summed E-state index contributed by atoms with van der Waals surface area (Å²) in [6.07, 6.45) is 0.976. The van der Waals surface area contributed by atoms with Crippen molar-refractivity contribution in [3.8, 4) is 0 Å². The molecule has 0 bridgehead atoms. The van der Waals surface area contributed by atoms with E-state index in [2.05, 4.69) is 12.0 Å². The Labute approximate surface area is 102 Å². The number of hydrogen-bond donors (Lipinski definition) is 1. The molecule has 17 heavy (non-hydrogen) atoms. The van der Waals surface area contributed by atoms with Crippen molar-refractivity contribution in [1.29, 1.82) is 0 Å². The maximum absolute atomic E-state index is 12.3. The van der Waals surface area contributed by atoms with Crippen molar-refractivity contribution in [3.63, 3.8) is 0 Å². The molecule has 1 fully saturated rings. The lowest BCUT2D eigenvalue weighted by molar-refractivity contribution is 0.0661. The van der Waals surface area contributed by atoms with Crippen molar-refractivity contribution in [2.24, 2.45) is 18.7 Å². The number of likely N-dealkylation sites (tertiary alicyclic amines) is 1. The normalized spacial score (nSPS) is 25.1. The van der Waals surface area contributed by atoms with E-state index >= 15 is 0 Å². The molecule has 1 aliphatic rings. The number of aromatic nitrogens is 2. The van der Waals surface area contributed by atoms with Crippen LogP contribution >= 0.6 is 0 Å². The Kier molecular flexibility index (Phi) is 3.19. The van der Waals surface area contributed by atoms with Gasteiger partial charge < -0.3 is 10.6 Å². The standard InChI is InChI=1S/C12H20N4O/c1-8-4-5-16(7-10(8)13)12(17)11-6-9(2)14-15(11)3/h6,8,10H,4-5,7,13H2,1-3H3. The van der Waals surface area contributed by atoms with Crippen molar-refractivity contribution < 1.29 is 4.79 Å². The molecule has 0 spiro atoms. The van der Waals surface area contributed by atoms with Crippen LogP contribution in [0.15, 0.2) is 6.07 Å². The van der Waals surface area contributed by atoms with Gasteiger partial charge in [-0.2, -0.15) is 5.10 Å². The van der Waals surface area contributed by atoms with Gasteiger partial charge in [-0.05, 0) is 25.3 Å². The third-order valence-electron chi connectivity index (χ3n) is 3.52. The Bertz CT molecular complexity index is 426. The molecule has 2 atom stereocenters. The summed E-state index contributed by atoms with van der Waals surface area (Å²) in [4.78, 5) is 14.1. The van der Waals surface area contributed by atoms with Crippen LogP contribution in [0.25, 0.3) is 0 Å². The molecule has 2 heterocycles. The van der Waals surface area contributed by atoms with Crippen LogP contribution < -0.4 is 5.73 Å². The Hall–Kier alpha value is -1.36. The number of nitrogens with two attached hydrogens (primary N) is 1. The second-order valence-electron chi connectivity index (χ2n) is 4.98. The van der Waals surface area contributed by atoms with E-state index in [1.54, 1.807) is 11.7 Å². The van der Waals surface area contributed by atoms with E-state index in [9.17, 15) is 4.79 Å². The van der Waals surface area contributed by atoms with Gasteiger partial charge in [-0.25, -0.2) is 0 Å². The molecule has 5 heteroatoms. The first-order valence-electron chi connectivity index (χ1n) is 6.04. The highest BCUT2D eigenvalue weighted by atomic mass is 16.2. The first-order valence-corrected chi connectivity index (χ1v) is 6.04. The molecular weight excluding hydrogens is 216 g/mol. The lowest BCUT2D eigenvalue weighted by atomic mass is 9.94. The van der Waals surface area contributed by atoms with E-state index in [-0.39, 0.29) is 11.9 Å². The van der Waals surface area contributed by atoms with Crippen molar-refractivity contribution in [3.05, 3.63) is 17.5 Å². The van der Waals surface area contributed by atoms with Gasteiger partial charge in [0.25, 0.3) is 5.91 Å². The largest absolute Gasteiger partial charge is 0.336 e. The van der Waals surface area contributed by atoms with Crippen molar-refractivity contribution in [1.82, 2.24) is 14.7 Å². The molecule has 0 radical (unpaired) electrons. The minimum Gasteiger partial charge on any atom is -0.336 e. The molecule has 5 nitrogen and oxygen atoms in total. The van der Waals surface area contributed by atoms with Crippen LogP contribution in [0.5, 0.6) is 0 Å². The van der Waals surface area contributed by atoms with E-state index in [1.165, 1.54) is 0 Å². The van der Waals surface area contributed by atoms with Crippen LogP contribution in [-0.2, 0) is 7.05 Å². The minimum absolute atomic E-state index is 0.0375. The first kappa shape index (κ1) is 12.1. The lowest BCUT2D eigenvalue weighted by Crippen LogP contribution is -2.50. The predicted octanol–water partition coefficient (Wildman–Crippen LogP) is 0.538. The van der Waals surface area contributed by atoms with Gasteiger partial charge in [-0.1, -0.05) is 6.92 Å². The summed E-state index contributed by atoms with van der Waals surface area (Å²) in [6.45, 7) is 5.46. The summed E-state index contributed by atoms with van der Waals surface area (Å²) < 4.78 is 1.64. The topological polar surface area (TPSA) is 64.2 Å². The van der Waals surface area contributed by atoms with Gasteiger partial charge in [0.2, 0.25) is 0 Å². The molecule has 1 amide bonds. The van der Waals surface area contributed by atoms with E-state index in [1.807, 2.05) is 17.9 Å². The average Bonchev–Trinajstić information content (AvgIpc) is 2.61. The van der Waals surface area contributed by atoms with E-state index in [4.69, 9.17) is 5.73 Å². The van der Waals surface area contributed by atoms with Gasteiger partial charge in [-0.15, -0.1) is 0 Å². The zero-order valence-electron chi connectivity index (χ0n) is 10.7. The number of nitrogens with zero attached hydrogens (tertiary/aromatic N) is 3. The van der Waals surface area contributed by atoms with E-state index < -0.39 is 0 Å². The van der Waals surface area contributed by atoms with Gasteiger partial charge in [0.1, 0.15) is 5.69 Å². The third-order valence-corrected chi connectivity index (χ3v) is 3.52. The molecule has 1 aliphatic heterocycles. The number of piperidine rings is 1. The highest BCUT2D eigenvalue weighted by molar-refractivity contribution is 5.92. The van der Waals surface area contributed by atoms with Gasteiger partial charge in [0, 0.05) is 26.2 Å². The van der Waals surface area contributed by atoms with Crippen LogP contribution in [-0.4, -0.2) is 39.7 Å². The Morgan fingerprint density at radius 3 is 2.82 bits per heavy atom. The van der Waals surface area contributed by atoms with Crippen LogP contribution in [0.2, 0.25) is 0 Å². The SMILES string of the molecule is Cc1cc(C(=O)N2CCC(C)C(N)C2)n(C)n1. The Balaban J connectivity index is 2.13. The molecule has 0 saturated carbocycles. The summed E-state index contributed by atoms with van der Waals surface area (Å²) in [5, 5.41) is 4.20. The molecule has 0 aliphatic carbocycles. The number of aryl methyl sites for hydroxylation is 2. The first-order chi connectivity index (χ1) is 7.99. The van der Waals surface area contributed by atoms with Crippen molar-refractivity contribution >= 4 is 5.91 Å². The van der Waals surface area contributed by atoms with Crippen molar-refractivity contribution in [2.45, 2.75) is 26.3 Å². The number of rotatable bonds is 1. The van der Waals surface area contributed by atoms with Gasteiger partial charge in [0.15, 0.2) is 0 Å². The number of hydrogen-bond acceptors (Lipinski definition) is 3. The van der Waals surface area contributed by atoms with Gasteiger partial charge in [-0.3, -0.25) is 9.48 Å². The minimum atomic E-state index is 0.0375. The maximum Gasteiger partial charge on any atom is 0.272 e. The summed E-state index contributed by atoms with van der Waals surface area (Å²) >= 11 is 0. The molecule has 1 aromatic heterocycles. The smallest absolute Gasteiger partial charge is 0.272 e. The fourth-order valence-electron chi connectivity index (χ4n) is 2.26. The van der Waals surface area contributed by atoms with Crippen LogP contribution in [0.1, 0.15) is 29.5 Å². The monoisotopic (exact) mass is 236 g/mol. The molecule has 1 aromatic rings. The van der Waals surface area contributed by atoms with E-state index in [0.29, 0.717) is 18.2 Å². The third kappa shape index (κ3) is 2.34. The van der Waals surface area contributed by atoms with Gasteiger partial charge >= 0.3 is 0 Å². The lowest BCUT2D eigenvalue weighted by Gasteiger charge is -2.34. The molecule has 2 N–H and O–H groups in total. The summed E-state index contributed by atoms with van der Waals surface area (Å²) in [7, 11) is 1.80. The number of carbonyl (C=O) groups excluding carboxylic acids is 1. The molecule has 2 rings (SSSR count). The molecule has 1 saturated heterocycles. The predicted molar refractivity (Wildman–Crippen MR) is 65.6 cm³/mol. The highest BCUT2D eigenvalue weighted by Crippen LogP contribution is 2.17. The fraction of sp³-hybridized carbons (Fsp3) is 0.667. The number of amides is 1. The van der Waals surface area contributed by atoms with Crippen LogP contribution in [0.4, 0.5) is 0 Å². The average molecular weight is 236 g/mol. The molecule has 94 valence electrons. The summed E-state index contributed by atoms with van der Waals surface area (Å²) in [5.74, 6) is 0.530. The van der Waals surface area contributed by atoms with Crippen LogP contribution in [0.3, 0.4) is 0 Å². The second kappa shape index (κ2) is 4.49. The summed E-state index contributed by atoms with van der Waals surface area (Å²) in [5.41, 5.74) is 7.52. The second-order valence-corrected chi connectivity index (χ2v) is 4.98. The van der Waals surface area contributed by atoms with E-state index in [0.717, 1.165) is 18.7 Å². The van der Waals surface area contributed by atoms with Gasteiger partial charge in [0.05, 0.1) is 5.69 Å². The quantitative estimate of drug-likeness (QED) is 0.774. The molecule has 0 aromatic carbocycles. The molecular formula is C12H20N4O. The zero-order valence-corrected chi connectivity index (χ0v) is 10.7. The summed E-state index contributed by atoms with van der Waals surface area (Å²) in [6, 6.07) is 1.91. The number of carbonyl (C=O) groups is 1. The Morgan fingerprint density at radius 1 is 1.59 bits per heavy atom. The zero-order chi connectivity index (χ0) is 12.6. The Morgan fingerprint density at radius 2 is 2.29 bits per heavy atom.